The number of hydrogen-bond acceptors (Lipinski definition) is 3. The first-order chi connectivity index (χ1) is 31.2. The van der Waals surface area contributed by atoms with Crippen molar-refractivity contribution in [2.45, 2.75) is 289 Å². The predicted molar refractivity (Wildman–Crippen MR) is 281 cm³/mol. The van der Waals surface area contributed by atoms with Crippen LogP contribution in [0.25, 0.3) is 0 Å². The number of amides is 1. The predicted octanol–water partition coefficient (Wildman–Crippen LogP) is 18.2. The molecule has 4 nitrogen and oxygen atoms in total. The van der Waals surface area contributed by atoms with Crippen LogP contribution in [0.5, 0.6) is 0 Å². The smallest absolute Gasteiger partial charge is 0.220 e. The van der Waals surface area contributed by atoms with Crippen LogP contribution in [0.2, 0.25) is 0 Å². The summed E-state index contributed by atoms with van der Waals surface area (Å²) in [6.45, 7) is 4.27. The van der Waals surface area contributed by atoms with Crippen LogP contribution in [0.4, 0.5) is 0 Å². The van der Waals surface area contributed by atoms with E-state index in [2.05, 4.69) is 79.9 Å². The maximum absolute atomic E-state index is 12.4. The van der Waals surface area contributed by atoms with Gasteiger partial charge in [0.25, 0.3) is 0 Å². The molecule has 0 aromatic rings. The van der Waals surface area contributed by atoms with Gasteiger partial charge in [-0.05, 0) is 83.5 Å². The second-order valence-corrected chi connectivity index (χ2v) is 18.6. The maximum atomic E-state index is 12.4. The number of nitrogens with one attached hydrogen (secondary N) is 1. The number of hydrogen-bond donors (Lipinski definition) is 3. The highest BCUT2D eigenvalue weighted by Crippen LogP contribution is 2.16. The molecule has 2 unspecified atom stereocenters. The first-order valence-electron chi connectivity index (χ1n) is 27.7. The number of aliphatic hydroxyl groups excluding tert-OH is 2. The highest BCUT2D eigenvalue weighted by Gasteiger charge is 2.17. The monoisotopic (exact) mass is 878 g/mol. The van der Waals surface area contributed by atoms with Gasteiger partial charge in [-0.3, -0.25) is 4.79 Å². The van der Waals surface area contributed by atoms with Crippen molar-refractivity contribution >= 4 is 5.91 Å². The fourth-order valence-corrected chi connectivity index (χ4v) is 8.16. The third kappa shape index (κ3) is 50.7. The quantitative estimate of drug-likeness (QED) is 0.0421. The van der Waals surface area contributed by atoms with Gasteiger partial charge < -0.3 is 15.5 Å². The molecule has 0 radical (unpaired) electrons. The van der Waals surface area contributed by atoms with Crippen molar-refractivity contribution in [1.29, 1.82) is 0 Å². The molecule has 0 bridgehead atoms. The zero-order valence-corrected chi connectivity index (χ0v) is 42.1. The van der Waals surface area contributed by atoms with E-state index in [1.807, 2.05) is 6.08 Å². The molecule has 0 aromatic heterocycles. The Bertz CT molecular complexity index is 1090. The summed E-state index contributed by atoms with van der Waals surface area (Å²) in [6, 6.07) is -0.657. The molecule has 4 heteroatoms. The fourth-order valence-electron chi connectivity index (χ4n) is 8.16. The molecule has 0 saturated carbocycles. The molecule has 2 atom stereocenters. The number of aliphatic hydroxyl groups is 2. The summed E-state index contributed by atoms with van der Waals surface area (Å²) in [4.78, 5) is 12.4. The summed E-state index contributed by atoms with van der Waals surface area (Å²) in [7, 11) is 0. The number of unbranched alkanes of at least 4 members (excludes halogenated alkanes) is 33. The van der Waals surface area contributed by atoms with Crippen LogP contribution < -0.4 is 5.32 Å². The molecule has 0 aliphatic rings. The van der Waals surface area contributed by atoms with Crippen molar-refractivity contribution in [3.8, 4) is 0 Å². The molecule has 0 fully saturated rings. The molecule has 63 heavy (non-hydrogen) atoms. The Morgan fingerprint density at radius 1 is 0.381 bits per heavy atom. The minimum Gasteiger partial charge on any atom is -0.394 e. The molecule has 0 heterocycles. The third-order valence-corrected chi connectivity index (χ3v) is 12.4. The standard InChI is InChI=1S/C59H107NO3/c1-3-5-7-9-11-13-15-17-19-21-23-24-25-26-27-28-29-30-31-32-33-34-35-37-38-40-42-44-46-48-50-52-54-58(62)57(56-61)60-59(63)55-53-51-49-47-45-43-41-39-36-22-20-18-16-14-12-10-8-6-4-2/h12,14,18,20,36-39,44,46,52,54,57-58,61-62H,3-11,13,15-17,19,21-35,40-43,45,47-51,53,55-56H2,1-2H3,(H,60,63)/b14-12-,20-18-,38-37+,39-36-,46-44+,54-52+. The van der Waals surface area contributed by atoms with Crippen molar-refractivity contribution in [2.24, 2.45) is 0 Å². The highest BCUT2D eigenvalue weighted by molar-refractivity contribution is 5.76. The molecule has 0 aliphatic heterocycles. The second-order valence-electron chi connectivity index (χ2n) is 18.6. The zero-order valence-electron chi connectivity index (χ0n) is 42.1. The molecule has 0 rings (SSSR count). The maximum Gasteiger partial charge on any atom is 0.220 e. The summed E-state index contributed by atoms with van der Waals surface area (Å²) in [5.41, 5.74) is 0. The van der Waals surface area contributed by atoms with Crippen LogP contribution in [-0.4, -0.2) is 34.9 Å². The minimum absolute atomic E-state index is 0.0910. The van der Waals surface area contributed by atoms with Crippen LogP contribution in [-0.2, 0) is 4.79 Å². The summed E-state index contributed by atoms with van der Waals surface area (Å²) in [5, 5.41) is 23.1. The summed E-state index contributed by atoms with van der Waals surface area (Å²) in [5.74, 6) is -0.0910. The van der Waals surface area contributed by atoms with Gasteiger partial charge in [0.1, 0.15) is 0 Å². The molecule has 0 aromatic carbocycles. The van der Waals surface area contributed by atoms with Gasteiger partial charge in [0.15, 0.2) is 0 Å². The van der Waals surface area contributed by atoms with Gasteiger partial charge in [0, 0.05) is 6.42 Å². The van der Waals surface area contributed by atoms with E-state index in [9.17, 15) is 15.0 Å². The zero-order chi connectivity index (χ0) is 45.6. The van der Waals surface area contributed by atoms with Crippen molar-refractivity contribution < 1.29 is 15.0 Å². The van der Waals surface area contributed by atoms with E-state index in [1.165, 1.54) is 193 Å². The third-order valence-electron chi connectivity index (χ3n) is 12.4. The lowest BCUT2D eigenvalue weighted by molar-refractivity contribution is -0.123. The van der Waals surface area contributed by atoms with Crippen LogP contribution in [0, 0.1) is 0 Å². The highest BCUT2D eigenvalue weighted by atomic mass is 16.3. The van der Waals surface area contributed by atoms with Crippen LogP contribution in [0.15, 0.2) is 72.9 Å². The van der Waals surface area contributed by atoms with Gasteiger partial charge in [0.2, 0.25) is 5.91 Å². The van der Waals surface area contributed by atoms with E-state index in [4.69, 9.17) is 0 Å². The topological polar surface area (TPSA) is 69.6 Å². The van der Waals surface area contributed by atoms with Gasteiger partial charge in [-0.15, -0.1) is 0 Å². The molecule has 366 valence electrons. The van der Waals surface area contributed by atoms with Crippen molar-refractivity contribution in [1.82, 2.24) is 5.32 Å². The Labute approximate surface area is 393 Å². The molecular weight excluding hydrogens is 771 g/mol. The van der Waals surface area contributed by atoms with Gasteiger partial charge in [-0.1, -0.05) is 260 Å². The van der Waals surface area contributed by atoms with E-state index in [0.717, 1.165) is 64.2 Å². The minimum atomic E-state index is -0.881. The molecule has 0 aliphatic carbocycles. The molecule has 0 saturated heterocycles. The Morgan fingerprint density at radius 2 is 0.667 bits per heavy atom. The lowest BCUT2D eigenvalue weighted by Gasteiger charge is -2.19. The lowest BCUT2D eigenvalue weighted by atomic mass is 10.0. The summed E-state index contributed by atoms with van der Waals surface area (Å²) < 4.78 is 0. The number of carbonyl (C=O) groups excluding carboxylic acids is 1. The first kappa shape index (κ1) is 60.8. The van der Waals surface area contributed by atoms with Crippen LogP contribution >= 0.6 is 0 Å². The van der Waals surface area contributed by atoms with E-state index < -0.39 is 12.1 Å². The summed E-state index contributed by atoms with van der Waals surface area (Å²) in [6.07, 6.45) is 77.8. The Hall–Kier alpha value is -2.17. The van der Waals surface area contributed by atoms with Crippen molar-refractivity contribution in [3.05, 3.63) is 72.9 Å². The molecule has 1 amide bonds. The lowest BCUT2D eigenvalue weighted by Crippen LogP contribution is -2.45. The number of allylic oxidation sites excluding steroid dienone is 11. The average Bonchev–Trinajstić information content (AvgIpc) is 3.29. The molecular formula is C59H107NO3. The van der Waals surface area contributed by atoms with Crippen molar-refractivity contribution in [3.63, 3.8) is 0 Å². The number of carbonyl (C=O) groups is 1. The van der Waals surface area contributed by atoms with Gasteiger partial charge in [-0.25, -0.2) is 0 Å². The van der Waals surface area contributed by atoms with Crippen LogP contribution in [0.3, 0.4) is 0 Å². The Morgan fingerprint density at radius 3 is 1.06 bits per heavy atom. The Kier molecular flexibility index (Phi) is 52.3. The van der Waals surface area contributed by atoms with Crippen LogP contribution in [0.1, 0.15) is 277 Å². The fraction of sp³-hybridized carbons (Fsp3) is 0.780. The van der Waals surface area contributed by atoms with E-state index in [1.54, 1.807) is 6.08 Å². The van der Waals surface area contributed by atoms with Gasteiger partial charge in [0.05, 0.1) is 18.8 Å². The second kappa shape index (κ2) is 54.2. The SMILES string of the molecule is CCCCC/C=C\C/C=C\C/C=C\CCCCCCCCC(=O)NC(CO)C(O)/C=C/CC/C=C/CC/C=C/CCCCCCCCCCCCCCCCCCCCCCCC. The first-order valence-corrected chi connectivity index (χ1v) is 27.7. The van der Waals surface area contributed by atoms with Gasteiger partial charge >= 0.3 is 0 Å². The van der Waals surface area contributed by atoms with Crippen molar-refractivity contribution in [2.75, 3.05) is 6.61 Å². The molecule has 3 N–H and O–H groups in total. The summed E-state index contributed by atoms with van der Waals surface area (Å²) >= 11 is 0. The van der Waals surface area contributed by atoms with E-state index in [-0.39, 0.29) is 12.5 Å². The largest absolute Gasteiger partial charge is 0.394 e. The molecule has 0 spiro atoms. The number of rotatable bonds is 50. The Balaban J connectivity index is 3.58. The van der Waals surface area contributed by atoms with E-state index in [0.29, 0.717) is 6.42 Å². The van der Waals surface area contributed by atoms with E-state index >= 15 is 0 Å². The van der Waals surface area contributed by atoms with Gasteiger partial charge in [-0.2, -0.15) is 0 Å². The normalized spacial score (nSPS) is 13.4. The average molecular weight is 879 g/mol.